The van der Waals surface area contributed by atoms with E-state index >= 15 is 0 Å². The average molecular weight is 250 g/mol. The van der Waals surface area contributed by atoms with Crippen molar-refractivity contribution in [1.82, 2.24) is 15.5 Å². The van der Waals surface area contributed by atoms with Gasteiger partial charge < -0.3 is 9.84 Å². The molecule has 1 fully saturated rings. The fourth-order valence-electron chi connectivity index (χ4n) is 1.56. The summed E-state index contributed by atoms with van der Waals surface area (Å²) in [5.74, 6) is 1.56. The van der Waals surface area contributed by atoms with E-state index in [0.29, 0.717) is 6.04 Å². The van der Waals surface area contributed by atoms with Gasteiger partial charge in [-0.3, -0.25) is 0 Å². The van der Waals surface area contributed by atoms with Gasteiger partial charge >= 0.3 is 0 Å². The zero-order valence-corrected chi connectivity index (χ0v) is 10.5. The lowest BCUT2D eigenvalue weighted by Crippen LogP contribution is -2.14. The highest BCUT2D eigenvalue weighted by molar-refractivity contribution is 7.98. The molecule has 0 bridgehead atoms. The van der Waals surface area contributed by atoms with Crippen molar-refractivity contribution in [3.05, 3.63) is 11.7 Å². The normalized spacial score (nSPS) is 22.4. The first-order chi connectivity index (χ1) is 6.81. The van der Waals surface area contributed by atoms with Gasteiger partial charge in [-0.2, -0.15) is 16.7 Å². The molecule has 1 N–H and O–H groups in total. The molecule has 15 heavy (non-hydrogen) atoms. The number of aromatic nitrogens is 2. The molecule has 4 nitrogen and oxygen atoms in total. The number of halogens is 1. The average Bonchev–Trinajstić information content (AvgIpc) is 2.86. The number of nitrogens with zero attached hydrogens (tertiary/aromatic N) is 2. The second-order valence-electron chi connectivity index (χ2n) is 3.52. The van der Waals surface area contributed by atoms with Crippen molar-refractivity contribution in [1.29, 1.82) is 0 Å². The largest absolute Gasteiger partial charge is 0.338 e. The van der Waals surface area contributed by atoms with E-state index in [1.807, 2.05) is 6.26 Å². The van der Waals surface area contributed by atoms with Crippen LogP contribution in [0.4, 0.5) is 0 Å². The van der Waals surface area contributed by atoms with Crippen LogP contribution in [-0.2, 0) is 0 Å². The summed E-state index contributed by atoms with van der Waals surface area (Å²) in [6.45, 7) is 3.14. The van der Waals surface area contributed by atoms with E-state index in [-0.39, 0.29) is 17.7 Å². The third kappa shape index (κ3) is 2.86. The molecule has 2 heterocycles. The van der Waals surface area contributed by atoms with Gasteiger partial charge in [-0.05, 0) is 32.6 Å². The molecule has 1 aliphatic heterocycles. The topological polar surface area (TPSA) is 51.0 Å². The molecular weight excluding hydrogens is 234 g/mol. The molecule has 0 saturated carbocycles. The Morgan fingerprint density at radius 3 is 3.00 bits per heavy atom. The fraction of sp³-hybridized carbons (Fsp3) is 0.778. The minimum Gasteiger partial charge on any atom is -0.338 e. The molecule has 1 aromatic rings. The van der Waals surface area contributed by atoms with Crippen molar-refractivity contribution in [2.24, 2.45) is 0 Å². The minimum atomic E-state index is 0. The van der Waals surface area contributed by atoms with Gasteiger partial charge in [-0.25, -0.2) is 0 Å². The first kappa shape index (κ1) is 12.8. The SMILES string of the molecule is CSC(C)c1nc(C2CCCN2)no1.Cl. The van der Waals surface area contributed by atoms with E-state index in [2.05, 4.69) is 22.4 Å². The molecule has 2 rings (SSSR count). The second kappa shape index (κ2) is 5.72. The van der Waals surface area contributed by atoms with Crippen molar-refractivity contribution in [3.63, 3.8) is 0 Å². The molecule has 1 saturated heterocycles. The van der Waals surface area contributed by atoms with Gasteiger partial charge in [0.05, 0.1) is 11.3 Å². The standard InChI is InChI=1S/C9H15N3OS.ClH/c1-6(14-2)9-11-8(12-13-9)7-4-3-5-10-7;/h6-7,10H,3-5H2,1-2H3;1H. The zero-order chi connectivity index (χ0) is 9.97. The Hall–Kier alpha value is -0.260. The zero-order valence-electron chi connectivity index (χ0n) is 8.90. The first-order valence-electron chi connectivity index (χ1n) is 4.91. The van der Waals surface area contributed by atoms with Crippen molar-refractivity contribution in [3.8, 4) is 0 Å². The van der Waals surface area contributed by atoms with Crippen LogP contribution in [0.1, 0.15) is 42.8 Å². The molecule has 1 aromatic heterocycles. The van der Waals surface area contributed by atoms with Crippen molar-refractivity contribution < 1.29 is 4.52 Å². The van der Waals surface area contributed by atoms with E-state index in [9.17, 15) is 0 Å². The minimum absolute atomic E-state index is 0. The highest BCUT2D eigenvalue weighted by Crippen LogP contribution is 2.26. The Labute approximate surface area is 100.0 Å². The Balaban J connectivity index is 0.00000112. The highest BCUT2D eigenvalue weighted by atomic mass is 35.5. The number of hydrogen-bond acceptors (Lipinski definition) is 5. The summed E-state index contributed by atoms with van der Waals surface area (Å²) >= 11 is 1.72. The summed E-state index contributed by atoms with van der Waals surface area (Å²) in [5.41, 5.74) is 0. The summed E-state index contributed by atoms with van der Waals surface area (Å²) in [6, 6.07) is 0.307. The molecule has 0 aliphatic carbocycles. The molecule has 1 aliphatic rings. The van der Waals surface area contributed by atoms with Crippen LogP contribution in [0.15, 0.2) is 4.52 Å². The molecule has 0 spiro atoms. The van der Waals surface area contributed by atoms with E-state index in [1.54, 1.807) is 11.8 Å². The third-order valence-electron chi connectivity index (χ3n) is 2.53. The smallest absolute Gasteiger partial charge is 0.239 e. The summed E-state index contributed by atoms with van der Waals surface area (Å²) in [4.78, 5) is 4.40. The van der Waals surface area contributed by atoms with Gasteiger partial charge in [-0.15, -0.1) is 12.4 Å². The second-order valence-corrected chi connectivity index (χ2v) is 4.70. The Morgan fingerprint density at radius 2 is 2.40 bits per heavy atom. The van der Waals surface area contributed by atoms with Crippen molar-refractivity contribution >= 4 is 24.2 Å². The monoisotopic (exact) mass is 249 g/mol. The van der Waals surface area contributed by atoms with Crippen LogP contribution < -0.4 is 5.32 Å². The van der Waals surface area contributed by atoms with E-state index < -0.39 is 0 Å². The van der Waals surface area contributed by atoms with Crippen molar-refractivity contribution in [2.45, 2.75) is 31.1 Å². The molecule has 2 atom stereocenters. The Bertz CT molecular complexity index is 301. The maximum Gasteiger partial charge on any atom is 0.239 e. The van der Waals surface area contributed by atoms with Gasteiger partial charge in [0.25, 0.3) is 0 Å². The number of rotatable bonds is 3. The van der Waals surface area contributed by atoms with Crippen LogP contribution >= 0.6 is 24.2 Å². The van der Waals surface area contributed by atoms with Crippen LogP contribution in [0.3, 0.4) is 0 Å². The number of hydrogen-bond donors (Lipinski definition) is 1. The van der Waals surface area contributed by atoms with Gasteiger partial charge in [0.2, 0.25) is 5.89 Å². The molecule has 0 amide bonds. The number of nitrogens with one attached hydrogen (secondary N) is 1. The Morgan fingerprint density at radius 1 is 1.60 bits per heavy atom. The lowest BCUT2D eigenvalue weighted by Gasteiger charge is -2.02. The summed E-state index contributed by atoms with van der Waals surface area (Å²) in [6.07, 6.45) is 4.36. The predicted molar refractivity (Wildman–Crippen MR) is 63.5 cm³/mol. The van der Waals surface area contributed by atoms with E-state index in [0.717, 1.165) is 24.7 Å². The predicted octanol–water partition coefficient (Wildman–Crippen LogP) is 2.34. The molecule has 86 valence electrons. The van der Waals surface area contributed by atoms with Crippen LogP contribution in [0.25, 0.3) is 0 Å². The van der Waals surface area contributed by atoms with Gasteiger partial charge in [0.15, 0.2) is 5.82 Å². The van der Waals surface area contributed by atoms with Crippen LogP contribution in [0.2, 0.25) is 0 Å². The molecule has 0 radical (unpaired) electrons. The summed E-state index contributed by atoms with van der Waals surface area (Å²) in [5, 5.41) is 7.65. The quantitative estimate of drug-likeness (QED) is 0.891. The number of thioether (sulfide) groups is 1. The molecular formula is C9H16ClN3OS. The lowest BCUT2D eigenvalue weighted by molar-refractivity contribution is 0.369. The first-order valence-corrected chi connectivity index (χ1v) is 6.19. The molecule has 0 aromatic carbocycles. The van der Waals surface area contributed by atoms with E-state index in [1.165, 1.54) is 6.42 Å². The fourth-order valence-corrected chi connectivity index (χ4v) is 1.86. The van der Waals surface area contributed by atoms with Gasteiger partial charge in [0.1, 0.15) is 0 Å². The maximum absolute atomic E-state index is 5.21. The molecule has 2 unspecified atom stereocenters. The van der Waals surface area contributed by atoms with Crippen molar-refractivity contribution in [2.75, 3.05) is 12.8 Å². The Kier molecular flexibility index (Phi) is 4.89. The summed E-state index contributed by atoms with van der Waals surface area (Å²) in [7, 11) is 0. The van der Waals surface area contributed by atoms with Gasteiger partial charge in [-0.1, -0.05) is 5.16 Å². The lowest BCUT2D eigenvalue weighted by atomic mass is 10.2. The summed E-state index contributed by atoms with van der Waals surface area (Å²) < 4.78 is 5.21. The van der Waals surface area contributed by atoms with Gasteiger partial charge in [0, 0.05) is 0 Å². The maximum atomic E-state index is 5.21. The van der Waals surface area contributed by atoms with Crippen LogP contribution in [0.5, 0.6) is 0 Å². The van der Waals surface area contributed by atoms with Crippen LogP contribution in [0, 0.1) is 0 Å². The molecule has 6 heteroatoms. The van der Waals surface area contributed by atoms with Crippen LogP contribution in [-0.4, -0.2) is 22.9 Å². The third-order valence-corrected chi connectivity index (χ3v) is 3.44. The van der Waals surface area contributed by atoms with E-state index in [4.69, 9.17) is 4.52 Å². The highest BCUT2D eigenvalue weighted by Gasteiger charge is 2.22.